The zero-order valence-corrected chi connectivity index (χ0v) is 12.8. The summed E-state index contributed by atoms with van der Waals surface area (Å²) < 4.78 is 13.5. The first-order chi connectivity index (χ1) is 10.6. The van der Waals surface area contributed by atoms with Gasteiger partial charge in [-0.2, -0.15) is 0 Å². The van der Waals surface area contributed by atoms with E-state index in [2.05, 4.69) is 15.6 Å². The van der Waals surface area contributed by atoms with Gasteiger partial charge in [-0.25, -0.2) is 9.37 Å². The molecule has 0 bridgehead atoms. The molecule has 0 spiro atoms. The van der Waals surface area contributed by atoms with Crippen LogP contribution < -0.4 is 10.6 Å². The summed E-state index contributed by atoms with van der Waals surface area (Å²) in [5.41, 5.74) is 1.34. The molecule has 1 amide bonds. The normalized spacial score (nSPS) is 10.5. The molecule has 1 heterocycles. The van der Waals surface area contributed by atoms with Crippen molar-refractivity contribution >= 4 is 17.4 Å². The van der Waals surface area contributed by atoms with Crippen LogP contribution in [-0.4, -0.2) is 17.4 Å². The summed E-state index contributed by atoms with van der Waals surface area (Å²) in [7, 11) is 0. The van der Waals surface area contributed by atoms with Gasteiger partial charge in [-0.1, -0.05) is 32.0 Å². The summed E-state index contributed by atoms with van der Waals surface area (Å²) in [6.45, 7) is 4.26. The maximum Gasteiger partial charge on any atom is 0.226 e. The molecule has 0 saturated carbocycles. The van der Waals surface area contributed by atoms with E-state index in [-0.39, 0.29) is 17.6 Å². The van der Waals surface area contributed by atoms with Crippen LogP contribution in [0.5, 0.6) is 0 Å². The predicted octanol–water partition coefficient (Wildman–Crippen LogP) is 3.47. The highest BCUT2D eigenvalue weighted by Gasteiger charge is 2.07. The van der Waals surface area contributed by atoms with Gasteiger partial charge in [0.2, 0.25) is 5.91 Å². The summed E-state index contributed by atoms with van der Waals surface area (Å²) >= 11 is 0. The number of aromatic nitrogens is 1. The van der Waals surface area contributed by atoms with Gasteiger partial charge >= 0.3 is 0 Å². The van der Waals surface area contributed by atoms with E-state index >= 15 is 0 Å². The van der Waals surface area contributed by atoms with Crippen molar-refractivity contribution in [2.75, 3.05) is 17.2 Å². The summed E-state index contributed by atoms with van der Waals surface area (Å²) in [6, 6.07) is 10.3. The van der Waals surface area contributed by atoms with E-state index in [1.807, 2.05) is 19.9 Å². The minimum atomic E-state index is -0.191. The third-order valence-electron chi connectivity index (χ3n) is 3.21. The van der Waals surface area contributed by atoms with Gasteiger partial charge in [0.25, 0.3) is 0 Å². The maximum atomic E-state index is 13.5. The number of pyridine rings is 1. The number of rotatable bonds is 6. The molecule has 4 nitrogen and oxygen atoms in total. The van der Waals surface area contributed by atoms with Gasteiger partial charge in [0, 0.05) is 12.5 Å². The average molecular weight is 301 g/mol. The van der Waals surface area contributed by atoms with Crippen LogP contribution in [0.2, 0.25) is 0 Å². The van der Waals surface area contributed by atoms with Crippen LogP contribution in [0.4, 0.5) is 15.9 Å². The Balaban J connectivity index is 1.84. The molecule has 22 heavy (non-hydrogen) atoms. The van der Waals surface area contributed by atoms with Crippen LogP contribution in [0, 0.1) is 11.7 Å². The first kappa shape index (κ1) is 15.9. The Morgan fingerprint density at radius 3 is 2.64 bits per heavy atom. The molecule has 0 aliphatic heterocycles. The minimum Gasteiger partial charge on any atom is -0.370 e. The number of hydrogen-bond donors (Lipinski definition) is 2. The van der Waals surface area contributed by atoms with Crippen LogP contribution in [0.15, 0.2) is 42.6 Å². The van der Waals surface area contributed by atoms with Crippen molar-refractivity contribution in [3.05, 3.63) is 54.0 Å². The monoisotopic (exact) mass is 301 g/mol. The third-order valence-corrected chi connectivity index (χ3v) is 3.21. The Kier molecular flexibility index (Phi) is 5.47. The highest BCUT2D eigenvalue weighted by Crippen LogP contribution is 2.12. The first-order valence-electron chi connectivity index (χ1n) is 7.30. The zero-order valence-electron chi connectivity index (χ0n) is 12.8. The first-order valence-corrected chi connectivity index (χ1v) is 7.30. The number of carbonyl (C=O) groups excluding carboxylic acids is 1. The SMILES string of the molecule is CC(C)C(=O)Nc1ccc(NCCc2ccccc2F)nc1. The van der Waals surface area contributed by atoms with E-state index in [0.717, 1.165) is 0 Å². The number of nitrogens with one attached hydrogen (secondary N) is 2. The van der Waals surface area contributed by atoms with Gasteiger partial charge in [-0.3, -0.25) is 4.79 Å². The number of anilines is 2. The molecule has 0 aliphatic rings. The number of carbonyl (C=O) groups is 1. The number of benzene rings is 1. The standard InChI is InChI=1S/C17H20FN3O/c1-12(2)17(22)21-14-7-8-16(20-11-14)19-10-9-13-5-3-4-6-15(13)18/h3-8,11-12H,9-10H2,1-2H3,(H,19,20)(H,21,22). The summed E-state index contributed by atoms with van der Waals surface area (Å²) in [5.74, 6) is 0.392. The molecule has 1 aromatic heterocycles. The van der Waals surface area contributed by atoms with Crippen molar-refractivity contribution in [3.8, 4) is 0 Å². The Morgan fingerprint density at radius 1 is 1.23 bits per heavy atom. The molecule has 0 radical (unpaired) electrons. The Morgan fingerprint density at radius 2 is 2.00 bits per heavy atom. The van der Waals surface area contributed by atoms with Gasteiger partial charge < -0.3 is 10.6 Å². The van der Waals surface area contributed by atoms with Crippen molar-refractivity contribution in [1.29, 1.82) is 0 Å². The van der Waals surface area contributed by atoms with E-state index < -0.39 is 0 Å². The second-order valence-corrected chi connectivity index (χ2v) is 5.34. The second kappa shape index (κ2) is 7.54. The van der Waals surface area contributed by atoms with Gasteiger partial charge in [0.05, 0.1) is 11.9 Å². The molecule has 1 aromatic carbocycles. The quantitative estimate of drug-likeness (QED) is 0.859. The van der Waals surface area contributed by atoms with Crippen molar-refractivity contribution in [3.63, 3.8) is 0 Å². The molecule has 0 fully saturated rings. The second-order valence-electron chi connectivity index (χ2n) is 5.34. The highest BCUT2D eigenvalue weighted by molar-refractivity contribution is 5.91. The lowest BCUT2D eigenvalue weighted by atomic mass is 10.1. The van der Waals surface area contributed by atoms with Crippen LogP contribution in [0.1, 0.15) is 19.4 Å². The van der Waals surface area contributed by atoms with Gasteiger partial charge in [-0.15, -0.1) is 0 Å². The van der Waals surface area contributed by atoms with Crippen molar-refractivity contribution in [2.24, 2.45) is 5.92 Å². The highest BCUT2D eigenvalue weighted by atomic mass is 19.1. The fourth-order valence-electron chi connectivity index (χ4n) is 1.89. The number of amides is 1. The Labute approximate surface area is 129 Å². The Hall–Kier alpha value is -2.43. The van der Waals surface area contributed by atoms with Crippen LogP contribution in [0.3, 0.4) is 0 Å². The lowest BCUT2D eigenvalue weighted by Gasteiger charge is -2.09. The average Bonchev–Trinajstić information content (AvgIpc) is 2.51. The fraction of sp³-hybridized carbons (Fsp3) is 0.294. The molecule has 0 atom stereocenters. The molecule has 2 aromatic rings. The van der Waals surface area contributed by atoms with E-state index in [4.69, 9.17) is 0 Å². The number of nitrogens with zero attached hydrogens (tertiary/aromatic N) is 1. The zero-order chi connectivity index (χ0) is 15.9. The summed E-state index contributed by atoms with van der Waals surface area (Å²) in [4.78, 5) is 15.8. The lowest BCUT2D eigenvalue weighted by Crippen LogP contribution is -2.17. The molecular weight excluding hydrogens is 281 g/mol. The summed E-state index contributed by atoms with van der Waals surface area (Å²) in [5, 5.41) is 5.91. The predicted molar refractivity (Wildman–Crippen MR) is 86.3 cm³/mol. The van der Waals surface area contributed by atoms with Crippen molar-refractivity contribution in [2.45, 2.75) is 20.3 Å². The molecule has 2 rings (SSSR count). The largest absolute Gasteiger partial charge is 0.370 e. The molecule has 0 saturated heterocycles. The molecule has 0 aliphatic carbocycles. The van der Waals surface area contributed by atoms with E-state index in [0.29, 0.717) is 30.0 Å². The number of hydrogen-bond acceptors (Lipinski definition) is 3. The molecule has 116 valence electrons. The smallest absolute Gasteiger partial charge is 0.226 e. The maximum absolute atomic E-state index is 13.5. The number of halogens is 1. The van der Waals surface area contributed by atoms with Gasteiger partial charge in [-0.05, 0) is 30.2 Å². The van der Waals surface area contributed by atoms with Crippen LogP contribution in [0.25, 0.3) is 0 Å². The van der Waals surface area contributed by atoms with Crippen molar-refractivity contribution < 1.29 is 9.18 Å². The topological polar surface area (TPSA) is 54.0 Å². The van der Waals surface area contributed by atoms with E-state index in [1.165, 1.54) is 6.07 Å². The third kappa shape index (κ3) is 4.55. The molecular formula is C17H20FN3O. The van der Waals surface area contributed by atoms with Crippen LogP contribution >= 0.6 is 0 Å². The molecule has 0 unspecified atom stereocenters. The summed E-state index contributed by atoms with van der Waals surface area (Å²) in [6.07, 6.45) is 2.19. The Bertz CT molecular complexity index is 626. The van der Waals surface area contributed by atoms with Gasteiger partial charge in [0.15, 0.2) is 0 Å². The molecule has 5 heteroatoms. The minimum absolute atomic E-state index is 0.0398. The van der Waals surface area contributed by atoms with Crippen LogP contribution in [-0.2, 0) is 11.2 Å². The lowest BCUT2D eigenvalue weighted by molar-refractivity contribution is -0.118. The van der Waals surface area contributed by atoms with E-state index in [1.54, 1.807) is 30.5 Å². The van der Waals surface area contributed by atoms with Gasteiger partial charge in [0.1, 0.15) is 11.6 Å². The van der Waals surface area contributed by atoms with Crippen molar-refractivity contribution in [1.82, 2.24) is 4.98 Å². The molecule has 2 N–H and O–H groups in total. The van der Waals surface area contributed by atoms with E-state index in [9.17, 15) is 9.18 Å². The fourth-order valence-corrected chi connectivity index (χ4v) is 1.89.